The van der Waals surface area contributed by atoms with Crippen LogP contribution < -0.4 is 5.32 Å². The van der Waals surface area contributed by atoms with E-state index in [2.05, 4.69) is 15.2 Å². The van der Waals surface area contributed by atoms with Gasteiger partial charge in [-0.25, -0.2) is 13.4 Å². The van der Waals surface area contributed by atoms with Gasteiger partial charge in [0, 0.05) is 37.4 Å². The number of likely N-dealkylation sites (N-methyl/N-ethyl adjacent to an activating group) is 1. The number of benzene rings is 2. The minimum Gasteiger partial charge on any atom is -0.322 e. The third-order valence-electron chi connectivity index (χ3n) is 5.00. The second-order valence-corrected chi connectivity index (χ2v) is 11.1. The zero-order valence-corrected chi connectivity index (χ0v) is 19.1. The van der Waals surface area contributed by atoms with Crippen LogP contribution in [0.15, 0.2) is 51.7 Å². The molecule has 1 aliphatic rings. The fourth-order valence-corrected chi connectivity index (χ4v) is 6.24. The molecule has 0 unspecified atom stereocenters. The summed E-state index contributed by atoms with van der Waals surface area (Å²) in [4.78, 5) is 19.5. The van der Waals surface area contributed by atoms with Crippen LogP contribution in [0.3, 0.4) is 0 Å². The fourth-order valence-electron chi connectivity index (χ4n) is 3.25. The summed E-state index contributed by atoms with van der Waals surface area (Å²) < 4.78 is 29.4. The number of nitrogens with zero attached hydrogens (tertiary/aromatic N) is 3. The molecule has 1 saturated heterocycles. The van der Waals surface area contributed by atoms with Crippen molar-refractivity contribution < 1.29 is 13.2 Å². The molecule has 30 heavy (non-hydrogen) atoms. The lowest BCUT2D eigenvalue weighted by Gasteiger charge is -2.31. The summed E-state index contributed by atoms with van der Waals surface area (Å²) in [5, 5.41) is 2.86. The van der Waals surface area contributed by atoms with E-state index in [0.717, 1.165) is 14.6 Å². The van der Waals surface area contributed by atoms with Crippen LogP contribution in [0.4, 0.5) is 5.69 Å². The van der Waals surface area contributed by atoms with Crippen LogP contribution in [0.5, 0.6) is 0 Å². The van der Waals surface area contributed by atoms with Crippen LogP contribution in [0.1, 0.15) is 10.4 Å². The molecule has 10 heteroatoms. The first kappa shape index (κ1) is 21.3. The Morgan fingerprint density at radius 1 is 1.13 bits per heavy atom. The number of thiazole rings is 1. The number of anilines is 1. The van der Waals surface area contributed by atoms with E-state index >= 15 is 0 Å². The maximum atomic E-state index is 13.0. The van der Waals surface area contributed by atoms with Crippen LogP contribution in [-0.2, 0) is 10.0 Å². The van der Waals surface area contributed by atoms with Gasteiger partial charge in [-0.15, -0.1) is 11.3 Å². The predicted octanol–water partition coefficient (Wildman–Crippen LogP) is 3.21. The number of hydrogen-bond donors (Lipinski definition) is 1. The van der Waals surface area contributed by atoms with Crippen molar-refractivity contribution in [3.8, 4) is 0 Å². The summed E-state index contributed by atoms with van der Waals surface area (Å²) in [5.74, 6) is -0.348. The highest BCUT2D eigenvalue weighted by molar-refractivity contribution is 8.00. The van der Waals surface area contributed by atoms with Gasteiger partial charge in [0.05, 0.1) is 15.1 Å². The van der Waals surface area contributed by atoms with Gasteiger partial charge in [0.2, 0.25) is 10.0 Å². The molecule has 1 aromatic heterocycles. The van der Waals surface area contributed by atoms with E-state index in [1.165, 1.54) is 16.4 Å². The Morgan fingerprint density at radius 3 is 2.63 bits per heavy atom. The first-order valence-corrected chi connectivity index (χ1v) is 12.9. The summed E-state index contributed by atoms with van der Waals surface area (Å²) in [6, 6.07) is 11.8. The highest BCUT2D eigenvalue weighted by Gasteiger charge is 2.28. The molecule has 0 spiro atoms. The van der Waals surface area contributed by atoms with E-state index in [-0.39, 0.29) is 10.8 Å². The number of thioether (sulfide) groups is 1. The first-order valence-electron chi connectivity index (χ1n) is 9.41. The van der Waals surface area contributed by atoms with Crippen molar-refractivity contribution in [2.45, 2.75) is 9.24 Å². The Kier molecular flexibility index (Phi) is 6.12. The van der Waals surface area contributed by atoms with E-state index in [0.29, 0.717) is 37.4 Å². The summed E-state index contributed by atoms with van der Waals surface area (Å²) in [5.41, 5.74) is 1.85. The highest BCUT2D eigenvalue weighted by atomic mass is 32.2. The van der Waals surface area contributed by atoms with E-state index in [1.54, 1.807) is 41.3 Å². The Bertz CT molecular complexity index is 1180. The second kappa shape index (κ2) is 8.64. The average Bonchev–Trinajstić information content (AvgIpc) is 3.16. The van der Waals surface area contributed by atoms with E-state index in [9.17, 15) is 13.2 Å². The van der Waals surface area contributed by atoms with Crippen molar-refractivity contribution in [1.82, 2.24) is 14.2 Å². The molecule has 0 saturated carbocycles. The Hall–Kier alpha value is -1.98. The van der Waals surface area contributed by atoms with Crippen molar-refractivity contribution in [2.24, 2.45) is 0 Å². The molecule has 1 amide bonds. The lowest BCUT2D eigenvalue weighted by atomic mass is 10.2. The third kappa shape index (κ3) is 4.37. The topological polar surface area (TPSA) is 82.6 Å². The predicted molar refractivity (Wildman–Crippen MR) is 122 cm³/mol. The van der Waals surface area contributed by atoms with Crippen molar-refractivity contribution in [1.29, 1.82) is 0 Å². The number of nitrogens with one attached hydrogen (secondary N) is 1. The normalized spacial score (nSPS) is 16.1. The molecule has 4 rings (SSSR count). The number of fused-ring (bicyclic) bond motifs is 1. The SMILES string of the molecule is CSc1nc2ccc(NC(=O)c3cccc(S(=O)(=O)N4CCN(C)CC4)c3)cc2s1. The zero-order valence-electron chi connectivity index (χ0n) is 16.7. The van der Waals surface area contributed by atoms with Crippen molar-refractivity contribution >= 4 is 54.9 Å². The Morgan fingerprint density at radius 2 is 1.90 bits per heavy atom. The van der Waals surface area contributed by atoms with Crippen LogP contribution >= 0.6 is 23.1 Å². The van der Waals surface area contributed by atoms with Crippen LogP contribution in [-0.4, -0.2) is 68.0 Å². The van der Waals surface area contributed by atoms with Gasteiger partial charge in [-0.3, -0.25) is 4.79 Å². The average molecular weight is 463 g/mol. The highest BCUT2D eigenvalue weighted by Crippen LogP contribution is 2.30. The number of carbonyl (C=O) groups excluding carboxylic acids is 1. The molecule has 158 valence electrons. The quantitative estimate of drug-likeness (QED) is 0.587. The monoisotopic (exact) mass is 462 g/mol. The number of aromatic nitrogens is 1. The van der Waals surface area contributed by atoms with Crippen LogP contribution in [0.2, 0.25) is 0 Å². The molecule has 3 aromatic rings. The number of rotatable bonds is 5. The maximum absolute atomic E-state index is 13.0. The minimum absolute atomic E-state index is 0.141. The molecule has 2 heterocycles. The standard InChI is InChI=1S/C20H22N4O3S3/c1-23-8-10-24(11-9-23)30(26,27)16-5-3-4-14(12-16)19(25)21-15-6-7-17-18(13-15)29-20(22-17)28-2/h3-7,12-13H,8-11H2,1-2H3,(H,21,25). The van der Waals surface area contributed by atoms with E-state index in [1.807, 2.05) is 25.4 Å². The van der Waals surface area contributed by atoms with Gasteiger partial charge < -0.3 is 10.2 Å². The molecule has 1 N–H and O–H groups in total. The number of sulfonamides is 1. The number of carbonyl (C=O) groups is 1. The molecule has 0 bridgehead atoms. The fraction of sp³-hybridized carbons (Fsp3) is 0.300. The molecule has 0 atom stereocenters. The minimum atomic E-state index is -3.63. The van der Waals surface area contributed by atoms with Gasteiger partial charge in [-0.05, 0) is 49.7 Å². The molecule has 7 nitrogen and oxygen atoms in total. The summed E-state index contributed by atoms with van der Waals surface area (Å²) in [6.45, 7) is 2.28. The smallest absolute Gasteiger partial charge is 0.255 e. The van der Waals surface area contributed by atoms with Crippen molar-refractivity contribution in [3.05, 3.63) is 48.0 Å². The molecule has 1 fully saturated rings. The zero-order chi connectivity index (χ0) is 21.3. The van der Waals surface area contributed by atoms with Gasteiger partial charge >= 0.3 is 0 Å². The van der Waals surface area contributed by atoms with Gasteiger partial charge in [0.1, 0.15) is 0 Å². The van der Waals surface area contributed by atoms with E-state index in [4.69, 9.17) is 0 Å². The van der Waals surface area contributed by atoms with Gasteiger partial charge in [-0.2, -0.15) is 4.31 Å². The van der Waals surface area contributed by atoms with Gasteiger partial charge in [0.15, 0.2) is 4.34 Å². The number of amides is 1. The molecule has 0 aliphatic carbocycles. The molecule has 0 radical (unpaired) electrons. The molecule has 1 aliphatic heterocycles. The maximum Gasteiger partial charge on any atom is 0.255 e. The summed E-state index contributed by atoms with van der Waals surface area (Å²) in [6.07, 6.45) is 1.98. The van der Waals surface area contributed by atoms with Gasteiger partial charge in [0.25, 0.3) is 5.91 Å². The van der Waals surface area contributed by atoms with E-state index < -0.39 is 10.0 Å². The van der Waals surface area contributed by atoms with Crippen LogP contribution in [0.25, 0.3) is 10.2 Å². The Labute approximate surface area is 184 Å². The molecular formula is C20H22N4O3S3. The third-order valence-corrected chi connectivity index (χ3v) is 8.90. The second-order valence-electron chi connectivity index (χ2n) is 7.06. The van der Waals surface area contributed by atoms with Crippen LogP contribution in [0, 0.1) is 0 Å². The van der Waals surface area contributed by atoms with Crippen molar-refractivity contribution in [2.75, 3.05) is 44.8 Å². The Balaban J connectivity index is 1.54. The summed E-state index contributed by atoms with van der Waals surface area (Å²) >= 11 is 3.15. The molecular weight excluding hydrogens is 440 g/mol. The number of hydrogen-bond acceptors (Lipinski definition) is 7. The largest absolute Gasteiger partial charge is 0.322 e. The molecule has 2 aromatic carbocycles. The lowest BCUT2D eigenvalue weighted by Crippen LogP contribution is -2.47. The van der Waals surface area contributed by atoms with Crippen molar-refractivity contribution in [3.63, 3.8) is 0 Å². The first-order chi connectivity index (χ1) is 14.4. The van der Waals surface area contributed by atoms with Gasteiger partial charge in [-0.1, -0.05) is 17.8 Å². The number of piperazine rings is 1. The lowest BCUT2D eigenvalue weighted by molar-refractivity contribution is 0.102. The summed E-state index contributed by atoms with van der Waals surface area (Å²) in [7, 11) is -1.65.